The summed E-state index contributed by atoms with van der Waals surface area (Å²) in [5.41, 5.74) is 0. The molecule has 0 radical (unpaired) electrons. The van der Waals surface area contributed by atoms with Crippen LogP contribution < -0.4 is 0 Å². The normalized spacial score (nSPS) is 9.57. The van der Waals surface area contributed by atoms with E-state index < -0.39 is 34.8 Å². The standard InChI is InChI=1S/C6H2F4O2.2C6H6O2/c7-1-2(8)5(11)4(10)6(12)3(1)9;7-5-1-2-6(8)4-3-5;7-5-3-1-2-4-6(5)8/h11-12H;2*1-4,7-8H. The minimum atomic E-state index is -2.12. The van der Waals surface area contributed by atoms with Crippen LogP contribution in [0, 0.1) is 23.3 Å². The van der Waals surface area contributed by atoms with Gasteiger partial charge in [0.1, 0.15) is 11.5 Å². The third kappa shape index (κ3) is 5.87. The van der Waals surface area contributed by atoms with Crippen LogP contribution in [0.2, 0.25) is 0 Å². The molecule has 0 fully saturated rings. The molecule has 0 aliphatic rings. The monoisotopic (exact) mass is 402 g/mol. The number of phenols is 6. The summed E-state index contributed by atoms with van der Waals surface area (Å²) in [5, 5.41) is 51.4. The first-order chi connectivity index (χ1) is 13.1. The van der Waals surface area contributed by atoms with E-state index in [1.807, 2.05) is 0 Å². The van der Waals surface area contributed by atoms with Gasteiger partial charge in [0.05, 0.1) is 0 Å². The maximum atomic E-state index is 12.3. The molecule has 150 valence electrons. The van der Waals surface area contributed by atoms with Gasteiger partial charge in [-0.2, -0.15) is 13.2 Å². The fourth-order valence-electron chi connectivity index (χ4n) is 1.53. The van der Waals surface area contributed by atoms with E-state index in [-0.39, 0.29) is 23.0 Å². The van der Waals surface area contributed by atoms with E-state index in [0.29, 0.717) is 0 Å². The van der Waals surface area contributed by atoms with Crippen molar-refractivity contribution >= 4 is 0 Å². The highest BCUT2D eigenvalue weighted by molar-refractivity contribution is 5.37. The predicted molar refractivity (Wildman–Crippen MR) is 89.1 cm³/mol. The lowest BCUT2D eigenvalue weighted by atomic mass is 10.2. The van der Waals surface area contributed by atoms with E-state index in [4.69, 9.17) is 30.6 Å². The molecule has 3 rings (SSSR count). The zero-order valence-corrected chi connectivity index (χ0v) is 13.8. The molecule has 0 aromatic heterocycles. The van der Waals surface area contributed by atoms with Crippen LogP contribution in [0.15, 0.2) is 48.5 Å². The molecule has 0 heterocycles. The Balaban J connectivity index is 0.000000217. The molecule has 0 amide bonds. The molecular weight excluding hydrogens is 388 g/mol. The minimum absolute atomic E-state index is 0.0764. The van der Waals surface area contributed by atoms with Crippen LogP contribution in [-0.4, -0.2) is 30.6 Å². The molecule has 0 saturated heterocycles. The molecule has 0 saturated carbocycles. The predicted octanol–water partition coefficient (Wildman–Crippen LogP) is 3.85. The lowest BCUT2D eigenvalue weighted by molar-refractivity contribution is 0.319. The van der Waals surface area contributed by atoms with Gasteiger partial charge in [0.15, 0.2) is 23.0 Å². The molecule has 6 N–H and O–H groups in total. The number of halogens is 4. The smallest absolute Gasteiger partial charge is 0.212 e. The third-order valence-corrected chi connectivity index (χ3v) is 2.95. The highest BCUT2D eigenvalue weighted by Gasteiger charge is 2.24. The van der Waals surface area contributed by atoms with Crippen molar-refractivity contribution in [2.45, 2.75) is 0 Å². The van der Waals surface area contributed by atoms with E-state index in [1.165, 1.54) is 36.4 Å². The summed E-state index contributed by atoms with van der Waals surface area (Å²) in [6.07, 6.45) is 0. The highest BCUT2D eigenvalue weighted by atomic mass is 19.2. The summed E-state index contributed by atoms with van der Waals surface area (Å²) in [6.45, 7) is 0. The summed E-state index contributed by atoms with van der Waals surface area (Å²) in [7, 11) is 0. The van der Waals surface area contributed by atoms with Crippen molar-refractivity contribution < 1.29 is 48.2 Å². The van der Waals surface area contributed by atoms with Gasteiger partial charge in [-0.1, -0.05) is 12.1 Å². The number of hydrogen-bond donors (Lipinski definition) is 6. The van der Waals surface area contributed by atoms with Crippen molar-refractivity contribution in [1.82, 2.24) is 0 Å². The second-order valence-electron chi connectivity index (χ2n) is 4.96. The topological polar surface area (TPSA) is 121 Å². The number of phenolic OH excluding ortho intramolecular Hbond substituents is 6. The summed E-state index contributed by atoms with van der Waals surface area (Å²) in [6, 6.07) is 11.9. The molecule has 0 unspecified atom stereocenters. The Hall–Kier alpha value is -3.82. The van der Waals surface area contributed by atoms with Gasteiger partial charge in [-0.15, -0.1) is 0 Å². The van der Waals surface area contributed by atoms with E-state index in [0.717, 1.165) is 0 Å². The molecule has 6 nitrogen and oxygen atoms in total. The molecule has 0 aliphatic carbocycles. The van der Waals surface area contributed by atoms with Crippen molar-refractivity contribution in [2.75, 3.05) is 0 Å². The number of hydrogen-bond acceptors (Lipinski definition) is 6. The van der Waals surface area contributed by atoms with Crippen LogP contribution in [0.5, 0.6) is 34.5 Å². The number of rotatable bonds is 0. The molecule has 28 heavy (non-hydrogen) atoms. The molecule has 0 spiro atoms. The summed E-state index contributed by atoms with van der Waals surface area (Å²) < 4.78 is 48.9. The lowest BCUT2D eigenvalue weighted by Gasteiger charge is -2.02. The fraction of sp³-hybridized carbons (Fsp3) is 0. The van der Waals surface area contributed by atoms with Crippen LogP contribution in [-0.2, 0) is 0 Å². The Morgan fingerprint density at radius 3 is 1.04 bits per heavy atom. The van der Waals surface area contributed by atoms with Crippen LogP contribution in [0.25, 0.3) is 0 Å². The average Bonchev–Trinajstić information content (AvgIpc) is 2.69. The first-order valence-electron chi connectivity index (χ1n) is 7.25. The molecule has 3 aromatic rings. The maximum absolute atomic E-state index is 12.3. The summed E-state index contributed by atoms with van der Waals surface area (Å²) in [5.74, 6) is -11.5. The zero-order chi connectivity index (χ0) is 21.4. The highest BCUT2D eigenvalue weighted by Crippen LogP contribution is 2.32. The van der Waals surface area contributed by atoms with Gasteiger partial charge in [-0.25, -0.2) is 4.39 Å². The van der Waals surface area contributed by atoms with Crippen molar-refractivity contribution in [3.8, 4) is 34.5 Å². The van der Waals surface area contributed by atoms with Crippen LogP contribution in [0.3, 0.4) is 0 Å². The van der Waals surface area contributed by atoms with E-state index >= 15 is 0 Å². The quantitative estimate of drug-likeness (QED) is 0.112. The molecule has 3 aromatic carbocycles. The van der Waals surface area contributed by atoms with Crippen molar-refractivity contribution in [1.29, 1.82) is 0 Å². The van der Waals surface area contributed by atoms with Crippen LogP contribution in [0.1, 0.15) is 0 Å². The molecule has 0 bridgehead atoms. The van der Waals surface area contributed by atoms with E-state index in [1.54, 1.807) is 12.1 Å². The first kappa shape index (κ1) is 22.2. The summed E-state index contributed by atoms with van der Waals surface area (Å²) in [4.78, 5) is 0. The molecule has 0 aliphatic heterocycles. The average molecular weight is 402 g/mol. The molecule has 0 atom stereocenters. The van der Waals surface area contributed by atoms with Gasteiger partial charge in [-0.3, -0.25) is 0 Å². The molecule has 10 heteroatoms. The van der Waals surface area contributed by atoms with Gasteiger partial charge in [-0.05, 0) is 36.4 Å². The van der Waals surface area contributed by atoms with Crippen LogP contribution >= 0.6 is 0 Å². The van der Waals surface area contributed by atoms with Crippen molar-refractivity contribution in [3.05, 3.63) is 71.8 Å². The second-order valence-corrected chi connectivity index (χ2v) is 4.96. The SMILES string of the molecule is Oc1c(F)c(O)c(F)c(F)c1F.Oc1ccc(O)cc1.Oc1ccccc1O. The number of benzene rings is 3. The Kier molecular flexibility index (Phi) is 7.75. The number of aromatic hydroxyl groups is 6. The Bertz CT molecular complexity index is 785. The van der Waals surface area contributed by atoms with Gasteiger partial charge < -0.3 is 30.6 Å². The van der Waals surface area contributed by atoms with Crippen molar-refractivity contribution in [3.63, 3.8) is 0 Å². The summed E-state index contributed by atoms with van der Waals surface area (Å²) >= 11 is 0. The number of para-hydroxylation sites is 2. The molecular formula is C18H14F4O6. The fourth-order valence-corrected chi connectivity index (χ4v) is 1.53. The third-order valence-electron chi connectivity index (χ3n) is 2.95. The van der Waals surface area contributed by atoms with Gasteiger partial charge in [0.2, 0.25) is 23.3 Å². The maximum Gasteiger partial charge on any atom is 0.212 e. The van der Waals surface area contributed by atoms with E-state index in [9.17, 15) is 17.6 Å². The Morgan fingerprint density at radius 2 is 0.750 bits per heavy atom. The van der Waals surface area contributed by atoms with Gasteiger partial charge in [0, 0.05) is 0 Å². The largest absolute Gasteiger partial charge is 0.508 e. The second kappa shape index (κ2) is 9.76. The van der Waals surface area contributed by atoms with Crippen LogP contribution in [0.4, 0.5) is 17.6 Å². The van der Waals surface area contributed by atoms with Crippen molar-refractivity contribution in [2.24, 2.45) is 0 Å². The lowest BCUT2D eigenvalue weighted by Crippen LogP contribution is -1.95. The van der Waals surface area contributed by atoms with E-state index in [2.05, 4.69) is 0 Å². The zero-order valence-electron chi connectivity index (χ0n) is 13.8. The Labute approximate surface area is 155 Å². The van der Waals surface area contributed by atoms with Gasteiger partial charge >= 0.3 is 0 Å². The Morgan fingerprint density at radius 1 is 0.429 bits per heavy atom. The first-order valence-corrected chi connectivity index (χ1v) is 7.25. The minimum Gasteiger partial charge on any atom is -0.508 e. The van der Waals surface area contributed by atoms with Gasteiger partial charge in [0.25, 0.3) is 0 Å².